The van der Waals surface area contributed by atoms with Gasteiger partial charge in [-0.2, -0.15) is 0 Å². The summed E-state index contributed by atoms with van der Waals surface area (Å²) >= 11 is 5.84. The van der Waals surface area contributed by atoms with Crippen LogP contribution in [-0.2, 0) is 6.42 Å². The van der Waals surface area contributed by atoms with E-state index in [-0.39, 0.29) is 0 Å². The zero-order chi connectivity index (χ0) is 12.1. The van der Waals surface area contributed by atoms with Crippen LogP contribution >= 0.6 is 11.6 Å². The number of hydrogen-bond acceptors (Lipinski definition) is 3. The van der Waals surface area contributed by atoms with E-state index in [0.29, 0.717) is 6.54 Å². The standard InChI is InChI=1S/C13H14ClN3/c14-12-5-3-10(4-6-12)11-8-16-13(17-9-11)2-1-7-15/h3-6,8-9H,1-2,7,15H2. The summed E-state index contributed by atoms with van der Waals surface area (Å²) in [5, 5.41) is 0.731. The summed E-state index contributed by atoms with van der Waals surface area (Å²) in [7, 11) is 0. The number of aromatic nitrogens is 2. The molecule has 0 spiro atoms. The summed E-state index contributed by atoms with van der Waals surface area (Å²) in [5.74, 6) is 0.841. The quantitative estimate of drug-likeness (QED) is 0.904. The van der Waals surface area contributed by atoms with Gasteiger partial charge in [0.05, 0.1) is 0 Å². The van der Waals surface area contributed by atoms with Crippen LogP contribution in [0.4, 0.5) is 0 Å². The molecule has 17 heavy (non-hydrogen) atoms. The molecule has 2 rings (SSSR count). The molecule has 1 heterocycles. The Morgan fingerprint density at radius 3 is 2.24 bits per heavy atom. The SMILES string of the molecule is NCCCc1ncc(-c2ccc(Cl)cc2)cn1. The van der Waals surface area contributed by atoms with Crippen molar-refractivity contribution in [2.75, 3.05) is 6.54 Å². The average molecular weight is 248 g/mol. The van der Waals surface area contributed by atoms with Gasteiger partial charge in [-0.1, -0.05) is 23.7 Å². The van der Waals surface area contributed by atoms with Crippen LogP contribution in [0.3, 0.4) is 0 Å². The Morgan fingerprint density at radius 1 is 1.00 bits per heavy atom. The van der Waals surface area contributed by atoms with Gasteiger partial charge in [0, 0.05) is 29.4 Å². The molecule has 1 aromatic heterocycles. The molecule has 0 aliphatic rings. The Morgan fingerprint density at radius 2 is 1.65 bits per heavy atom. The lowest BCUT2D eigenvalue weighted by Gasteiger charge is -2.02. The highest BCUT2D eigenvalue weighted by molar-refractivity contribution is 6.30. The predicted octanol–water partition coefficient (Wildman–Crippen LogP) is 2.69. The molecular weight excluding hydrogens is 234 g/mol. The van der Waals surface area contributed by atoms with Crippen LogP contribution < -0.4 is 5.73 Å². The number of rotatable bonds is 4. The first kappa shape index (κ1) is 12.0. The van der Waals surface area contributed by atoms with Crippen LogP contribution in [-0.4, -0.2) is 16.5 Å². The molecule has 0 unspecified atom stereocenters. The van der Waals surface area contributed by atoms with Crippen LogP contribution in [0.25, 0.3) is 11.1 Å². The Balaban J connectivity index is 2.14. The zero-order valence-electron chi connectivity index (χ0n) is 9.44. The third kappa shape index (κ3) is 3.25. The van der Waals surface area contributed by atoms with Gasteiger partial charge in [-0.3, -0.25) is 0 Å². The maximum atomic E-state index is 5.84. The summed E-state index contributed by atoms with van der Waals surface area (Å²) in [6.07, 6.45) is 5.42. The number of hydrogen-bond donors (Lipinski definition) is 1. The van der Waals surface area contributed by atoms with Crippen LogP contribution in [0.5, 0.6) is 0 Å². The average Bonchev–Trinajstić information content (AvgIpc) is 2.38. The van der Waals surface area contributed by atoms with E-state index in [4.69, 9.17) is 17.3 Å². The van der Waals surface area contributed by atoms with Crippen LogP contribution in [0.15, 0.2) is 36.7 Å². The highest BCUT2D eigenvalue weighted by Crippen LogP contribution is 2.19. The van der Waals surface area contributed by atoms with E-state index in [9.17, 15) is 0 Å². The molecule has 0 aliphatic carbocycles. The van der Waals surface area contributed by atoms with Crippen molar-refractivity contribution in [3.8, 4) is 11.1 Å². The first-order valence-corrected chi connectivity index (χ1v) is 5.94. The summed E-state index contributed by atoms with van der Waals surface area (Å²) in [6.45, 7) is 0.669. The molecule has 0 radical (unpaired) electrons. The molecule has 0 atom stereocenters. The molecule has 88 valence electrons. The van der Waals surface area contributed by atoms with E-state index in [2.05, 4.69) is 9.97 Å². The van der Waals surface area contributed by atoms with Crippen molar-refractivity contribution >= 4 is 11.6 Å². The van der Waals surface area contributed by atoms with Crippen LogP contribution in [0.1, 0.15) is 12.2 Å². The maximum absolute atomic E-state index is 5.84. The summed E-state index contributed by atoms with van der Waals surface area (Å²) in [5.41, 5.74) is 7.51. The van der Waals surface area contributed by atoms with Gasteiger partial charge in [-0.15, -0.1) is 0 Å². The minimum atomic E-state index is 0.669. The van der Waals surface area contributed by atoms with Gasteiger partial charge in [0.1, 0.15) is 5.82 Å². The van der Waals surface area contributed by atoms with Crippen molar-refractivity contribution in [1.29, 1.82) is 0 Å². The molecule has 0 aliphatic heterocycles. The van der Waals surface area contributed by atoms with E-state index in [1.807, 2.05) is 36.7 Å². The largest absolute Gasteiger partial charge is 0.330 e. The lowest BCUT2D eigenvalue weighted by atomic mass is 10.1. The van der Waals surface area contributed by atoms with Crippen molar-refractivity contribution < 1.29 is 0 Å². The fraction of sp³-hybridized carbons (Fsp3) is 0.231. The van der Waals surface area contributed by atoms with E-state index in [1.165, 1.54) is 0 Å². The van der Waals surface area contributed by atoms with Crippen molar-refractivity contribution in [3.63, 3.8) is 0 Å². The van der Waals surface area contributed by atoms with Crippen molar-refractivity contribution in [2.45, 2.75) is 12.8 Å². The van der Waals surface area contributed by atoms with E-state index >= 15 is 0 Å². The van der Waals surface area contributed by atoms with Crippen molar-refractivity contribution in [3.05, 3.63) is 47.5 Å². The smallest absolute Gasteiger partial charge is 0.128 e. The molecule has 3 nitrogen and oxygen atoms in total. The first-order valence-electron chi connectivity index (χ1n) is 5.56. The fourth-order valence-corrected chi connectivity index (χ4v) is 1.66. The van der Waals surface area contributed by atoms with Gasteiger partial charge in [0.25, 0.3) is 0 Å². The van der Waals surface area contributed by atoms with Crippen molar-refractivity contribution in [2.24, 2.45) is 5.73 Å². The molecule has 0 bridgehead atoms. The van der Waals surface area contributed by atoms with Gasteiger partial charge in [0.2, 0.25) is 0 Å². The molecule has 0 amide bonds. The minimum Gasteiger partial charge on any atom is -0.330 e. The molecule has 0 fully saturated rings. The second-order valence-corrected chi connectivity index (χ2v) is 4.22. The number of aryl methyl sites for hydroxylation is 1. The molecule has 2 N–H and O–H groups in total. The Bertz CT molecular complexity index is 465. The molecule has 2 aromatic rings. The number of nitrogens with two attached hydrogens (primary N) is 1. The summed E-state index contributed by atoms with van der Waals surface area (Å²) in [6, 6.07) is 7.64. The van der Waals surface area contributed by atoms with Gasteiger partial charge in [0.15, 0.2) is 0 Å². The molecule has 0 saturated carbocycles. The number of nitrogens with zero attached hydrogens (tertiary/aromatic N) is 2. The normalized spacial score (nSPS) is 10.5. The Kier molecular flexibility index (Phi) is 4.07. The van der Waals surface area contributed by atoms with Gasteiger partial charge in [-0.05, 0) is 30.7 Å². The van der Waals surface area contributed by atoms with Gasteiger partial charge in [-0.25, -0.2) is 9.97 Å². The van der Waals surface area contributed by atoms with Gasteiger partial charge >= 0.3 is 0 Å². The van der Waals surface area contributed by atoms with Crippen LogP contribution in [0, 0.1) is 0 Å². The topological polar surface area (TPSA) is 51.8 Å². The molecule has 0 saturated heterocycles. The number of benzene rings is 1. The zero-order valence-corrected chi connectivity index (χ0v) is 10.2. The summed E-state index contributed by atoms with van der Waals surface area (Å²) < 4.78 is 0. The lowest BCUT2D eigenvalue weighted by Crippen LogP contribution is -2.03. The molecular formula is C13H14ClN3. The third-order valence-electron chi connectivity index (χ3n) is 2.49. The highest BCUT2D eigenvalue weighted by atomic mass is 35.5. The number of halogens is 1. The second-order valence-electron chi connectivity index (χ2n) is 3.79. The first-order chi connectivity index (χ1) is 8.29. The van der Waals surface area contributed by atoms with Gasteiger partial charge < -0.3 is 5.73 Å². The second kappa shape index (κ2) is 5.75. The Hall–Kier alpha value is -1.45. The third-order valence-corrected chi connectivity index (χ3v) is 2.74. The fourth-order valence-electron chi connectivity index (χ4n) is 1.54. The molecule has 4 heteroatoms. The van der Waals surface area contributed by atoms with E-state index < -0.39 is 0 Å². The van der Waals surface area contributed by atoms with E-state index in [1.54, 1.807) is 0 Å². The minimum absolute atomic E-state index is 0.669. The molecule has 1 aromatic carbocycles. The monoisotopic (exact) mass is 247 g/mol. The predicted molar refractivity (Wildman–Crippen MR) is 69.9 cm³/mol. The van der Waals surface area contributed by atoms with Crippen LogP contribution in [0.2, 0.25) is 5.02 Å². The summed E-state index contributed by atoms with van der Waals surface area (Å²) in [4.78, 5) is 8.63. The Labute approximate surface area is 106 Å². The van der Waals surface area contributed by atoms with E-state index in [0.717, 1.165) is 34.8 Å². The maximum Gasteiger partial charge on any atom is 0.128 e. The lowest BCUT2D eigenvalue weighted by molar-refractivity contribution is 0.781. The highest BCUT2D eigenvalue weighted by Gasteiger charge is 2.00. The van der Waals surface area contributed by atoms with Crippen molar-refractivity contribution in [1.82, 2.24) is 9.97 Å².